The normalized spacial score (nSPS) is 28.0. The standard InChI is InChI=1S/C12H19N5O/c13-11-5-14-8-16-12(11)15-4-10-6-17-3-1-2-9(17)7-18-10/h5,8-10H,1-4,6-7,13H2,(H,14,15,16). The minimum Gasteiger partial charge on any atom is -0.394 e. The fourth-order valence-electron chi connectivity index (χ4n) is 2.71. The van der Waals surface area contributed by atoms with Crippen molar-refractivity contribution in [2.24, 2.45) is 0 Å². The molecule has 18 heavy (non-hydrogen) atoms. The molecule has 0 aliphatic carbocycles. The van der Waals surface area contributed by atoms with Gasteiger partial charge in [0.2, 0.25) is 0 Å². The summed E-state index contributed by atoms with van der Waals surface area (Å²) in [5.41, 5.74) is 6.36. The number of hydrogen-bond donors (Lipinski definition) is 2. The van der Waals surface area contributed by atoms with Crippen molar-refractivity contribution >= 4 is 11.5 Å². The average Bonchev–Trinajstić information content (AvgIpc) is 2.85. The molecule has 3 rings (SSSR count). The van der Waals surface area contributed by atoms with E-state index in [1.54, 1.807) is 6.20 Å². The van der Waals surface area contributed by atoms with E-state index in [1.165, 1.54) is 25.7 Å². The van der Waals surface area contributed by atoms with Gasteiger partial charge in [-0.2, -0.15) is 0 Å². The molecule has 1 aromatic rings. The lowest BCUT2D eigenvalue weighted by molar-refractivity contribution is -0.0415. The lowest BCUT2D eigenvalue weighted by Crippen LogP contribution is -2.48. The lowest BCUT2D eigenvalue weighted by Gasteiger charge is -2.35. The summed E-state index contributed by atoms with van der Waals surface area (Å²) in [4.78, 5) is 10.5. The Balaban J connectivity index is 1.53. The van der Waals surface area contributed by atoms with Gasteiger partial charge in [0.15, 0.2) is 5.82 Å². The van der Waals surface area contributed by atoms with Crippen LogP contribution >= 0.6 is 0 Å². The maximum Gasteiger partial charge on any atom is 0.152 e. The van der Waals surface area contributed by atoms with E-state index < -0.39 is 0 Å². The van der Waals surface area contributed by atoms with E-state index in [4.69, 9.17) is 10.5 Å². The third-order valence-corrected chi connectivity index (χ3v) is 3.70. The van der Waals surface area contributed by atoms with Crippen molar-refractivity contribution in [2.75, 3.05) is 37.3 Å². The van der Waals surface area contributed by atoms with E-state index in [9.17, 15) is 0 Å². The zero-order valence-electron chi connectivity index (χ0n) is 10.4. The molecule has 0 bridgehead atoms. The van der Waals surface area contributed by atoms with Crippen molar-refractivity contribution < 1.29 is 4.74 Å². The monoisotopic (exact) mass is 249 g/mol. The Morgan fingerprint density at radius 2 is 2.50 bits per heavy atom. The summed E-state index contributed by atoms with van der Waals surface area (Å²) < 4.78 is 5.87. The van der Waals surface area contributed by atoms with Crippen LogP contribution in [0.5, 0.6) is 0 Å². The molecule has 2 aliphatic heterocycles. The molecule has 98 valence electrons. The number of ether oxygens (including phenoxy) is 1. The number of hydrogen-bond acceptors (Lipinski definition) is 6. The molecule has 1 aromatic heterocycles. The van der Waals surface area contributed by atoms with Gasteiger partial charge in [-0.3, -0.25) is 4.90 Å². The van der Waals surface area contributed by atoms with Crippen LogP contribution in [-0.2, 0) is 4.74 Å². The molecule has 0 saturated carbocycles. The van der Waals surface area contributed by atoms with Crippen molar-refractivity contribution in [1.82, 2.24) is 14.9 Å². The minimum absolute atomic E-state index is 0.216. The first-order chi connectivity index (χ1) is 8.83. The van der Waals surface area contributed by atoms with Crippen LogP contribution in [-0.4, -0.2) is 53.3 Å². The van der Waals surface area contributed by atoms with Crippen molar-refractivity contribution in [3.05, 3.63) is 12.5 Å². The molecule has 0 radical (unpaired) electrons. The molecule has 6 heteroatoms. The predicted octanol–water partition coefficient (Wildman–Crippen LogP) is 0.334. The van der Waals surface area contributed by atoms with Gasteiger partial charge in [0.25, 0.3) is 0 Å². The van der Waals surface area contributed by atoms with Gasteiger partial charge < -0.3 is 15.8 Å². The number of nitrogens with two attached hydrogens (primary N) is 1. The van der Waals surface area contributed by atoms with Crippen molar-refractivity contribution in [3.8, 4) is 0 Å². The number of nitrogen functional groups attached to an aromatic ring is 1. The van der Waals surface area contributed by atoms with E-state index in [1.807, 2.05) is 0 Å². The first kappa shape index (κ1) is 11.7. The van der Waals surface area contributed by atoms with Gasteiger partial charge >= 0.3 is 0 Å². The summed E-state index contributed by atoms with van der Waals surface area (Å²) in [6.07, 6.45) is 5.89. The zero-order valence-corrected chi connectivity index (χ0v) is 10.4. The van der Waals surface area contributed by atoms with E-state index in [-0.39, 0.29) is 6.10 Å². The van der Waals surface area contributed by atoms with Gasteiger partial charge in [0.05, 0.1) is 24.6 Å². The summed E-state index contributed by atoms with van der Waals surface area (Å²) in [5.74, 6) is 0.692. The third-order valence-electron chi connectivity index (χ3n) is 3.70. The van der Waals surface area contributed by atoms with Gasteiger partial charge in [-0.15, -0.1) is 0 Å². The number of anilines is 2. The van der Waals surface area contributed by atoms with Crippen LogP contribution < -0.4 is 11.1 Å². The summed E-state index contributed by atoms with van der Waals surface area (Å²) in [6.45, 7) is 3.80. The summed E-state index contributed by atoms with van der Waals surface area (Å²) in [6, 6.07) is 0.644. The number of morpholine rings is 1. The number of nitrogens with one attached hydrogen (secondary N) is 1. The van der Waals surface area contributed by atoms with Crippen LogP contribution in [0.25, 0.3) is 0 Å². The Hall–Kier alpha value is -1.40. The van der Waals surface area contributed by atoms with E-state index in [0.717, 1.165) is 19.7 Å². The highest BCUT2D eigenvalue weighted by molar-refractivity contribution is 5.58. The van der Waals surface area contributed by atoms with Gasteiger partial charge in [-0.25, -0.2) is 9.97 Å². The van der Waals surface area contributed by atoms with Crippen LogP contribution in [0.4, 0.5) is 11.5 Å². The van der Waals surface area contributed by atoms with Crippen LogP contribution in [0.2, 0.25) is 0 Å². The third kappa shape index (κ3) is 2.39. The molecule has 2 atom stereocenters. The summed E-state index contributed by atoms with van der Waals surface area (Å²) in [5, 5.41) is 3.23. The minimum atomic E-state index is 0.216. The number of fused-ring (bicyclic) bond motifs is 1. The molecule has 3 N–H and O–H groups in total. The molecule has 0 amide bonds. The number of rotatable bonds is 3. The van der Waals surface area contributed by atoms with Crippen LogP contribution in [0, 0.1) is 0 Å². The van der Waals surface area contributed by atoms with Gasteiger partial charge in [0, 0.05) is 19.1 Å². The highest BCUT2D eigenvalue weighted by Crippen LogP contribution is 2.23. The Kier molecular flexibility index (Phi) is 3.29. The molecule has 2 unspecified atom stereocenters. The molecule has 2 aliphatic rings. The maximum atomic E-state index is 5.87. The van der Waals surface area contributed by atoms with Gasteiger partial charge in [0.1, 0.15) is 6.33 Å². The maximum absolute atomic E-state index is 5.87. The second-order valence-corrected chi connectivity index (χ2v) is 4.95. The largest absolute Gasteiger partial charge is 0.394 e. The Morgan fingerprint density at radius 3 is 3.39 bits per heavy atom. The van der Waals surface area contributed by atoms with Crippen LogP contribution in [0.3, 0.4) is 0 Å². The quantitative estimate of drug-likeness (QED) is 0.804. The van der Waals surface area contributed by atoms with E-state index in [2.05, 4.69) is 20.2 Å². The predicted molar refractivity (Wildman–Crippen MR) is 69.3 cm³/mol. The van der Waals surface area contributed by atoms with E-state index >= 15 is 0 Å². The van der Waals surface area contributed by atoms with Crippen molar-refractivity contribution in [1.29, 1.82) is 0 Å². The Morgan fingerprint density at radius 1 is 1.56 bits per heavy atom. The van der Waals surface area contributed by atoms with Crippen LogP contribution in [0.1, 0.15) is 12.8 Å². The lowest BCUT2D eigenvalue weighted by atomic mass is 10.2. The molecule has 2 saturated heterocycles. The topological polar surface area (TPSA) is 76.3 Å². The van der Waals surface area contributed by atoms with Crippen molar-refractivity contribution in [2.45, 2.75) is 25.0 Å². The van der Waals surface area contributed by atoms with Gasteiger partial charge in [-0.1, -0.05) is 0 Å². The second kappa shape index (κ2) is 5.07. The Bertz CT molecular complexity index is 413. The molecule has 3 heterocycles. The first-order valence-electron chi connectivity index (χ1n) is 6.48. The number of nitrogens with zero attached hydrogens (tertiary/aromatic N) is 3. The average molecular weight is 249 g/mol. The Labute approximate surface area is 107 Å². The molecule has 0 aromatic carbocycles. The molecule has 6 nitrogen and oxygen atoms in total. The highest BCUT2D eigenvalue weighted by atomic mass is 16.5. The first-order valence-corrected chi connectivity index (χ1v) is 6.48. The van der Waals surface area contributed by atoms with Crippen molar-refractivity contribution in [3.63, 3.8) is 0 Å². The fourth-order valence-corrected chi connectivity index (χ4v) is 2.71. The van der Waals surface area contributed by atoms with Crippen LogP contribution in [0.15, 0.2) is 12.5 Å². The SMILES string of the molecule is Nc1cncnc1NCC1CN2CCCC2CO1. The smallest absolute Gasteiger partial charge is 0.152 e. The highest BCUT2D eigenvalue weighted by Gasteiger charge is 2.31. The zero-order chi connectivity index (χ0) is 12.4. The second-order valence-electron chi connectivity index (χ2n) is 4.95. The fraction of sp³-hybridized carbons (Fsp3) is 0.667. The van der Waals surface area contributed by atoms with E-state index in [0.29, 0.717) is 17.5 Å². The molecule has 2 fully saturated rings. The number of aromatic nitrogens is 2. The molecular weight excluding hydrogens is 230 g/mol. The summed E-state index contributed by atoms with van der Waals surface area (Å²) >= 11 is 0. The molecular formula is C12H19N5O. The molecule has 0 spiro atoms. The summed E-state index contributed by atoms with van der Waals surface area (Å²) in [7, 11) is 0. The van der Waals surface area contributed by atoms with Gasteiger partial charge in [-0.05, 0) is 19.4 Å².